The molecule has 1 fully saturated rings. The predicted octanol–water partition coefficient (Wildman–Crippen LogP) is 4.08. The van der Waals surface area contributed by atoms with Gasteiger partial charge in [0, 0.05) is 12.1 Å². The van der Waals surface area contributed by atoms with Crippen molar-refractivity contribution in [1.82, 2.24) is 5.32 Å². The summed E-state index contributed by atoms with van der Waals surface area (Å²) in [6, 6.07) is 9.96. The molecule has 0 aliphatic heterocycles. The lowest BCUT2D eigenvalue weighted by atomic mass is 9.79. The van der Waals surface area contributed by atoms with Gasteiger partial charge < -0.3 is 11.1 Å². The Balaban J connectivity index is 0.00000264. The van der Waals surface area contributed by atoms with Crippen LogP contribution in [0.2, 0.25) is 0 Å². The molecule has 0 radical (unpaired) electrons. The second-order valence-corrected chi connectivity index (χ2v) is 7.09. The first-order valence-electron chi connectivity index (χ1n) is 8.60. The lowest BCUT2D eigenvalue weighted by Gasteiger charge is -2.32. The van der Waals surface area contributed by atoms with Crippen LogP contribution in [0.5, 0.6) is 0 Å². The highest BCUT2D eigenvalue weighted by Crippen LogP contribution is 2.30. The summed E-state index contributed by atoms with van der Waals surface area (Å²) in [7, 11) is 0. The van der Waals surface area contributed by atoms with Crippen LogP contribution in [0.1, 0.15) is 58.1 Å². The molecule has 2 rings (SSSR count). The van der Waals surface area contributed by atoms with Gasteiger partial charge in [0.1, 0.15) is 0 Å². The minimum absolute atomic E-state index is 0. The van der Waals surface area contributed by atoms with E-state index in [0.29, 0.717) is 6.04 Å². The molecule has 3 nitrogen and oxygen atoms in total. The van der Waals surface area contributed by atoms with Crippen LogP contribution < -0.4 is 11.1 Å². The Bertz CT molecular complexity index is 470. The number of rotatable bonds is 5. The fourth-order valence-electron chi connectivity index (χ4n) is 3.39. The van der Waals surface area contributed by atoms with Gasteiger partial charge in [-0.15, -0.1) is 12.4 Å². The van der Waals surface area contributed by atoms with Crippen LogP contribution in [0.15, 0.2) is 30.3 Å². The quantitative estimate of drug-likeness (QED) is 0.850. The van der Waals surface area contributed by atoms with Crippen LogP contribution in [0.25, 0.3) is 0 Å². The fourth-order valence-corrected chi connectivity index (χ4v) is 3.39. The van der Waals surface area contributed by atoms with Crippen molar-refractivity contribution in [2.45, 2.75) is 58.5 Å². The molecule has 3 N–H and O–H groups in total. The molecule has 4 heteroatoms. The molecule has 1 aromatic rings. The molecule has 0 saturated heterocycles. The van der Waals surface area contributed by atoms with E-state index in [4.69, 9.17) is 5.73 Å². The number of nitrogens with one attached hydrogen (secondary N) is 1. The van der Waals surface area contributed by atoms with E-state index in [1.165, 1.54) is 12.8 Å². The molecule has 0 aromatic heterocycles. The highest BCUT2D eigenvalue weighted by Gasteiger charge is 2.27. The minimum Gasteiger partial charge on any atom is -0.353 e. The van der Waals surface area contributed by atoms with Gasteiger partial charge in [-0.1, -0.05) is 51.1 Å². The molecule has 23 heavy (non-hydrogen) atoms. The average molecular weight is 339 g/mol. The third kappa shape index (κ3) is 5.50. The predicted molar refractivity (Wildman–Crippen MR) is 98.5 cm³/mol. The average Bonchev–Trinajstić information content (AvgIpc) is 2.54. The first kappa shape index (κ1) is 20.0. The summed E-state index contributed by atoms with van der Waals surface area (Å²) in [4.78, 5) is 12.5. The van der Waals surface area contributed by atoms with Crippen molar-refractivity contribution in [1.29, 1.82) is 0 Å². The zero-order valence-electron chi connectivity index (χ0n) is 14.5. The highest BCUT2D eigenvalue weighted by atomic mass is 35.5. The Morgan fingerprint density at radius 3 is 2.17 bits per heavy atom. The van der Waals surface area contributed by atoms with Gasteiger partial charge in [-0.2, -0.15) is 0 Å². The Morgan fingerprint density at radius 2 is 1.65 bits per heavy atom. The maximum atomic E-state index is 12.5. The first-order valence-corrected chi connectivity index (χ1v) is 8.60. The third-order valence-electron chi connectivity index (χ3n) is 5.20. The number of hydrogen-bond acceptors (Lipinski definition) is 2. The summed E-state index contributed by atoms with van der Waals surface area (Å²) in [5.41, 5.74) is 7.27. The second kappa shape index (κ2) is 9.29. The van der Waals surface area contributed by atoms with Crippen molar-refractivity contribution in [3.8, 4) is 0 Å². The molecule has 0 heterocycles. The summed E-state index contributed by atoms with van der Waals surface area (Å²) < 4.78 is 0. The zero-order chi connectivity index (χ0) is 16.1. The van der Waals surface area contributed by atoms with Crippen LogP contribution in [-0.2, 0) is 4.79 Å². The number of carbonyl (C=O) groups excluding carboxylic acids is 1. The van der Waals surface area contributed by atoms with Crippen molar-refractivity contribution in [2.75, 3.05) is 0 Å². The molecule has 2 unspecified atom stereocenters. The van der Waals surface area contributed by atoms with E-state index in [9.17, 15) is 4.79 Å². The molecule has 1 amide bonds. The molecule has 1 aromatic carbocycles. The van der Waals surface area contributed by atoms with E-state index in [1.807, 2.05) is 37.3 Å². The van der Waals surface area contributed by atoms with E-state index in [2.05, 4.69) is 19.2 Å². The maximum absolute atomic E-state index is 12.5. The van der Waals surface area contributed by atoms with Gasteiger partial charge in [-0.25, -0.2) is 0 Å². The molecule has 0 bridgehead atoms. The van der Waals surface area contributed by atoms with Crippen LogP contribution in [0.4, 0.5) is 0 Å². The third-order valence-corrected chi connectivity index (χ3v) is 5.20. The fraction of sp³-hybridized carbons (Fsp3) is 0.632. The second-order valence-electron chi connectivity index (χ2n) is 7.09. The molecule has 130 valence electrons. The van der Waals surface area contributed by atoms with Gasteiger partial charge in [0.25, 0.3) is 0 Å². The molecule has 1 saturated carbocycles. The van der Waals surface area contributed by atoms with Crippen molar-refractivity contribution in [3.63, 3.8) is 0 Å². The Kier molecular flexibility index (Phi) is 8.07. The SMILES string of the molecule is CC(C)C1CCC(NC(=O)C(C)C(N)c2ccccc2)CC1.Cl. The van der Waals surface area contributed by atoms with E-state index < -0.39 is 0 Å². The minimum atomic E-state index is -0.242. The number of nitrogens with two attached hydrogens (primary N) is 1. The van der Waals surface area contributed by atoms with Gasteiger partial charge in [0.05, 0.1) is 5.92 Å². The Morgan fingerprint density at radius 1 is 1.09 bits per heavy atom. The van der Waals surface area contributed by atoms with E-state index in [1.54, 1.807) is 0 Å². The number of benzene rings is 1. The van der Waals surface area contributed by atoms with Gasteiger partial charge in [-0.3, -0.25) is 4.79 Å². The van der Waals surface area contributed by atoms with E-state index in [-0.39, 0.29) is 30.3 Å². The maximum Gasteiger partial charge on any atom is 0.224 e. The molecule has 2 atom stereocenters. The van der Waals surface area contributed by atoms with Crippen LogP contribution in [-0.4, -0.2) is 11.9 Å². The van der Waals surface area contributed by atoms with Crippen LogP contribution in [0, 0.1) is 17.8 Å². The largest absolute Gasteiger partial charge is 0.353 e. The van der Waals surface area contributed by atoms with Crippen LogP contribution in [0.3, 0.4) is 0 Å². The summed E-state index contributed by atoms with van der Waals surface area (Å²) >= 11 is 0. The van der Waals surface area contributed by atoms with Gasteiger partial charge in [0.2, 0.25) is 5.91 Å². The van der Waals surface area contributed by atoms with Crippen molar-refractivity contribution in [3.05, 3.63) is 35.9 Å². The summed E-state index contributed by atoms with van der Waals surface area (Å²) in [5, 5.41) is 3.21. The smallest absolute Gasteiger partial charge is 0.224 e. The first-order chi connectivity index (χ1) is 10.5. The topological polar surface area (TPSA) is 55.1 Å². The van der Waals surface area contributed by atoms with E-state index in [0.717, 1.165) is 30.2 Å². The molecule has 0 spiro atoms. The number of halogens is 1. The zero-order valence-corrected chi connectivity index (χ0v) is 15.3. The van der Waals surface area contributed by atoms with Gasteiger partial charge in [0.15, 0.2) is 0 Å². The lowest BCUT2D eigenvalue weighted by molar-refractivity contribution is -0.126. The van der Waals surface area contributed by atoms with Gasteiger partial charge in [-0.05, 0) is 43.1 Å². The summed E-state index contributed by atoms with van der Waals surface area (Å²) in [5.74, 6) is 1.45. The summed E-state index contributed by atoms with van der Waals surface area (Å²) in [6.45, 7) is 6.52. The van der Waals surface area contributed by atoms with Crippen LogP contribution >= 0.6 is 12.4 Å². The molecular formula is C19H31ClN2O. The van der Waals surface area contributed by atoms with Crippen molar-refractivity contribution >= 4 is 18.3 Å². The van der Waals surface area contributed by atoms with E-state index >= 15 is 0 Å². The summed E-state index contributed by atoms with van der Waals surface area (Å²) in [6.07, 6.45) is 4.65. The Labute approximate surface area is 146 Å². The number of carbonyl (C=O) groups is 1. The highest BCUT2D eigenvalue weighted by molar-refractivity contribution is 5.85. The Hall–Kier alpha value is -1.06. The normalized spacial score (nSPS) is 23.7. The molecular weight excluding hydrogens is 308 g/mol. The lowest BCUT2D eigenvalue weighted by Crippen LogP contribution is -2.43. The monoisotopic (exact) mass is 338 g/mol. The van der Waals surface area contributed by atoms with Crippen molar-refractivity contribution < 1.29 is 4.79 Å². The van der Waals surface area contributed by atoms with Gasteiger partial charge >= 0.3 is 0 Å². The molecule has 1 aliphatic carbocycles. The number of hydrogen-bond donors (Lipinski definition) is 2. The standard InChI is InChI=1S/C19H30N2O.ClH/c1-13(2)15-9-11-17(12-10-15)21-19(22)14(3)18(20)16-7-5-4-6-8-16;/h4-8,13-15,17-18H,9-12,20H2,1-3H3,(H,21,22);1H. The molecule has 1 aliphatic rings. The van der Waals surface area contributed by atoms with Crippen molar-refractivity contribution in [2.24, 2.45) is 23.5 Å². The number of amides is 1.